The molecule has 5 heteroatoms. The molecule has 0 aromatic carbocycles. The van der Waals surface area contributed by atoms with Crippen molar-refractivity contribution < 1.29 is 19.6 Å². The van der Waals surface area contributed by atoms with Gasteiger partial charge in [0.15, 0.2) is 0 Å². The van der Waals surface area contributed by atoms with Gasteiger partial charge in [-0.3, -0.25) is 0 Å². The first kappa shape index (κ1) is 19.6. The normalized spacial score (nSPS) is 11.7. The lowest BCUT2D eigenvalue weighted by atomic mass is 10.1. The molecule has 0 aliphatic heterocycles. The van der Waals surface area contributed by atoms with Crippen molar-refractivity contribution in [2.75, 3.05) is 0 Å². The zero-order valence-electron chi connectivity index (χ0n) is 13.8. The first-order valence-corrected chi connectivity index (χ1v) is 7.80. The SMILES string of the molecule is CC(O)C(=O)[O-].CCCCCCCC[n+]1ccn(C)c1C. The van der Waals surface area contributed by atoms with E-state index in [2.05, 4.69) is 42.4 Å². The van der Waals surface area contributed by atoms with Gasteiger partial charge in [-0.25, -0.2) is 9.13 Å². The number of aryl methyl sites for hydroxylation is 2. The number of rotatable bonds is 8. The molecule has 1 unspecified atom stereocenters. The van der Waals surface area contributed by atoms with Gasteiger partial charge >= 0.3 is 0 Å². The minimum absolute atomic E-state index is 1.13. The number of nitrogens with zero attached hydrogens (tertiary/aromatic N) is 2. The standard InChI is InChI=1S/C13H25N2.C3H6O3/c1-4-5-6-7-8-9-10-15-12-11-14(3)13(15)2;1-2(4)3(5)6/h11-12H,4-10H2,1-3H3;2,4H,1H3,(H,5,6)/q+1;/p-1. The molecule has 0 aliphatic carbocycles. The molecule has 0 saturated carbocycles. The Balaban J connectivity index is 0.000000567. The molecular formula is C16H30N2O3. The summed E-state index contributed by atoms with van der Waals surface area (Å²) >= 11 is 0. The van der Waals surface area contributed by atoms with Crippen LogP contribution in [-0.4, -0.2) is 21.7 Å². The van der Waals surface area contributed by atoms with E-state index in [0.717, 1.165) is 6.92 Å². The third-order valence-electron chi connectivity index (χ3n) is 3.49. The molecule has 1 atom stereocenters. The van der Waals surface area contributed by atoms with Crippen molar-refractivity contribution in [1.29, 1.82) is 0 Å². The molecule has 0 radical (unpaired) electrons. The summed E-state index contributed by atoms with van der Waals surface area (Å²) in [5.41, 5.74) is 0. The summed E-state index contributed by atoms with van der Waals surface area (Å²) < 4.78 is 4.52. The number of aliphatic hydroxyl groups excluding tert-OH is 1. The molecular weight excluding hydrogens is 268 g/mol. The number of hydrogen-bond donors (Lipinski definition) is 1. The highest BCUT2D eigenvalue weighted by atomic mass is 16.4. The Hall–Kier alpha value is -1.36. The minimum Gasteiger partial charge on any atom is -0.547 e. The molecule has 0 saturated heterocycles. The van der Waals surface area contributed by atoms with Crippen LogP contribution in [0.2, 0.25) is 0 Å². The van der Waals surface area contributed by atoms with Crippen LogP contribution in [-0.2, 0) is 18.4 Å². The van der Waals surface area contributed by atoms with E-state index in [1.165, 1.54) is 50.9 Å². The molecule has 0 bridgehead atoms. The van der Waals surface area contributed by atoms with Crippen LogP contribution in [0.15, 0.2) is 12.4 Å². The minimum atomic E-state index is -1.44. The Morgan fingerprint density at radius 2 is 1.86 bits per heavy atom. The van der Waals surface area contributed by atoms with E-state index < -0.39 is 12.1 Å². The highest BCUT2D eigenvalue weighted by Gasteiger charge is 2.07. The summed E-state index contributed by atoms with van der Waals surface area (Å²) in [6, 6.07) is 0. The van der Waals surface area contributed by atoms with Gasteiger partial charge < -0.3 is 15.0 Å². The number of imidazole rings is 1. The average molecular weight is 298 g/mol. The zero-order valence-corrected chi connectivity index (χ0v) is 13.8. The van der Waals surface area contributed by atoms with Gasteiger partial charge in [-0.1, -0.05) is 32.6 Å². The molecule has 1 aromatic heterocycles. The molecule has 5 nitrogen and oxygen atoms in total. The van der Waals surface area contributed by atoms with Crippen molar-refractivity contribution in [3.8, 4) is 0 Å². The highest BCUT2D eigenvalue weighted by molar-refractivity contribution is 5.68. The molecule has 1 rings (SSSR count). The van der Waals surface area contributed by atoms with Crippen LogP contribution in [0.3, 0.4) is 0 Å². The predicted octanol–water partition coefficient (Wildman–Crippen LogP) is 1.10. The monoisotopic (exact) mass is 298 g/mol. The van der Waals surface area contributed by atoms with Crippen molar-refractivity contribution in [1.82, 2.24) is 4.57 Å². The number of carbonyl (C=O) groups is 1. The number of aliphatic hydroxyl groups is 1. The predicted molar refractivity (Wildman–Crippen MR) is 80.4 cm³/mol. The first-order valence-electron chi connectivity index (χ1n) is 7.80. The number of carboxylic acid groups (broad SMARTS) is 1. The maximum absolute atomic E-state index is 9.34. The number of aromatic nitrogens is 2. The van der Waals surface area contributed by atoms with Crippen molar-refractivity contribution in [3.05, 3.63) is 18.2 Å². The van der Waals surface area contributed by atoms with E-state index in [-0.39, 0.29) is 0 Å². The van der Waals surface area contributed by atoms with E-state index >= 15 is 0 Å². The molecule has 0 aliphatic rings. The molecule has 1 heterocycles. The number of carboxylic acids is 1. The number of unbranched alkanes of at least 4 members (excludes halogenated alkanes) is 5. The molecule has 21 heavy (non-hydrogen) atoms. The van der Waals surface area contributed by atoms with Crippen LogP contribution in [0, 0.1) is 6.92 Å². The Morgan fingerprint density at radius 3 is 2.29 bits per heavy atom. The van der Waals surface area contributed by atoms with Gasteiger partial charge in [0, 0.05) is 6.92 Å². The topological polar surface area (TPSA) is 69.2 Å². The van der Waals surface area contributed by atoms with Gasteiger partial charge in [-0.05, 0) is 19.8 Å². The average Bonchev–Trinajstić information content (AvgIpc) is 2.75. The summed E-state index contributed by atoms with van der Waals surface area (Å²) in [5, 5.41) is 17.3. The van der Waals surface area contributed by atoms with Crippen LogP contribution >= 0.6 is 0 Å². The quantitative estimate of drug-likeness (QED) is 0.577. The van der Waals surface area contributed by atoms with Crippen LogP contribution < -0.4 is 9.67 Å². The van der Waals surface area contributed by atoms with Crippen LogP contribution in [0.25, 0.3) is 0 Å². The third-order valence-corrected chi connectivity index (χ3v) is 3.49. The van der Waals surface area contributed by atoms with Crippen LogP contribution in [0.1, 0.15) is 58.2 Å². The van der Waals surface area contributed by atoms with Gasteiger partial charge in [-0.15, -0.1) is 0 Å². The maximum atomic E-state index is 9.34. The summed E-state index contributed by atoms with van der Waals surface area (Å²) in [7, 11) is 2.10. The van der Waals surface area contributed by atoms with Crippen molar-refractivity contribution in [2.24, 2.45) is 7.05 Å². The van der Waals surface area contributed by atoms with Gasteiger partial charge in [-0.2, -0.15) is 0 Å². The van der Waals surface area contributed by atoms with E-state index in [1.807, 2.05) is 0 Å². The Kier molecular flexibility index (Phi) is 10.6. The summed E-state index contributed by atoms with van der Waals surface area (Å²) in [5.74, 6) is -0.0847. The molecule has 1 N–H and O–H groups in total. The molecule has 0 amide bonds. The molecule has 0 fully saturated rings. The van der Waals surface area contributed by atoms with E-state index in [9.17, 15) is 9.90 Å². The maximum Gasteiger partial charge on any atom is 0.253 e. The van der Waals surface area contributed by atoms with Crippen LogP contribution in [0.5, 0.6) is 0 Å². The lowest BCUT2D eigenvalue weighted by Gasteiger charge is -2.00. The third kappa shape index (κ3) is 9.24. The Bertz CT molecular complexity index is 400. The molecule has 122 valence electrons. The zero-order chi connectivity index (χ0) is 16.3. The lowest BCUT2D eigenvalue weighted by molar-refractivity contribution is -0.702. The second-order valence-corrected chi connectivity index (χ2v) is 5.41. The molecule has 0 spiro atoms. The van der Waals surface area contributed by atoms with Gasteiger partial charge in [0.1, 0.15) is 12.4 Å². The Morgan fingerprint density at radius 1 is 1.33 bits per heavy atom. The van der Waals surface area contributed by atoms with Gasteiger partial charge in [0.05, 0.1) is 25.7 Å². The second kappa shape index (κ2) is 11.3. The highest BCUT2D eigenvalue weighted by Crippen LogP contribution is 2.04. The van der Waals surface area contributed by atoms with E-state index in [4.69, 9.17) is 5.11 Å². The fourth-order valence-electron chi connectivity index (χ4n) is 1.90. The summed E-state index contributed by atoms with van der Waals surface area (Å²) in [4.78, 5) is 9.34. The lowest BCUT2D eigenvalue weighted by Crippen LogP contribution is -2.35. The van der Waals surface area contributed by atoms with Crippen molar-refractivity contribution >= 4 is 5.97 Å². The number of carbonyl (C=O) groups excluding carboxylic acids is 1. The fraction of sp³-hybridized carbons (Fsp3) is 0.750. The summed E-state index contributed by atoms with van der Waals surface area (Å²) in [6.45, 7) is 6.76. The van der Waals surface area contributed by atoms with Crippen molar-refractivity contribution in [2.45, 2.75) is 71.9 Å². The van der Waals surface area contributed by atoms with E-state index in [0.29, 0.717) is 0 Å². The molecule has 1 aromatic rings. The van der Waals surface area contributed by atoms with Gasteiger partial charge in [0.25, 0.3) is 5.82 Å². The largest absolute Gasteiger partial charge is 0.547 e. The van der Waals surface area contributed by atoms with E-state index in [1.54, 1.807) is 0 Å². The number of aliphatic carboxylic acids is 1. The fourth-order valence-corrected chi connectivity index (χ4v) is 1.90. The van der Waals surface area contributed by atoms with Crippen molar-refractivity contribution in [3.63, 3.8) is 0 Å². The first-order chi connectivity index (χ1) is 9.90. The van der Waals surface area contributed by atoms with Gasteiger partial charge in [0.2, 0.25) is 0 Å². The smallest absolute Gasteiger partial charge is 0.253 e. The second-order valence-electron chi connectivity index (χ2n) is 5.41. The van der Waals surface area contributed by atoms with Crippen LogP contribution in [0.4, 0.5) is 0 Å². The Labute approximate surface area is 128 Å². The number of hydrogen-bond acceptors (Lipinski definition) is 3. The summed E-state index contributed by atoms with van der Waals surface area (Å²) in [6.07, 6.45) is 11.2.